The largest absolute Gasteiger partial charge is 0.497 e. The summed E-state index contributed by atoms with van der Waals surface area (Å²) < 4.78 is 5.10. The van der Waals surface area contributed by atoms with Crippen LogP contribution in [0.25, 0.3) is 0 Å². The Hall–Kier alpha value is -2.00. The molecule has 0 aliphatic heterocycles. The number of halogens is 1. The molecule has 0 unspecified atom stereocenters. The first-order valence-corrected chi connectivity index (χ1v) is 6.19. The summed E-state index contributed by atoms with van der Waals surface area (Å²) >= 11 is 6.00. The Morgan fingerprint density at radius 2 is 1.79 bits per heavy atom. The first-order valence-electron chi connectivity index (χ1n) is 5.81. The molecule has 4 heteroatoms. The lowest BCUT2D eigenvalue weighted by Gasteiger charge is -2.09. The fourth-order valence-corrected chi connectivity index (χ4v) is 1.94. The van der Waals surface area contributed by atoms with E-state index in [4.69, 9.17) is 16.3 Å². The number of Topliss-reactive ketones (excluding diaryl/α,β-unsaturated/α-hetero) is 1. The Morgan fingerprint density at radius 3 is 2.37 bits per heavy atom. The van der Waals surface area contributed by atoms with Crippen LogP contribution >= 0.6 is 11.6 Å². The summed E-state index contributed by atoms with van der Waals surface area (Å²) in [6.45, 7) is 1.52. The maximum Gasteiger partial charge on any atom is 0.159 e. The number of hydrogen-bond donors (Lipinski definition) is 1. The predicted molar refractivity (Wildman–Crippen MR) is 77.7 cm³/mol. The van der Waals surface area contributed by atoms with Crippen LogP contribution in [0.3, 0.4) is 0 Å². The number of ether oxygens (including phenoxy) is 1. The van der Waals surface area contributed by atoms with E-state index < -0.39 is 0 Å². The van der Waals surface area contributed by atoms with E-state index in [9.17, 15) is 4.79 Å². The Kier molecular flexibility index (Phi) is 4.07. The smallest absolute Gasteiger partial charge is 0.159 e. The third-order valence-electron chi connectivity index (χ3n) is 2.68. The second-order valence-corrected chi connectivity index (χ2v) is 4.57. The molecule has 0 aliphatic rings. The number of anilines is 2. The van der Waals surface area contributed by atoms with Gasteiger partial charge >= 0.3 is 0 Å². The lowest BCUT2D eigenvalue weighted by Crippen LogP contribution is -1.96. The minimum atomic E-state index is -0.0136. The van der Waals surface area contributed by atoms with Gasteiger partial charge in [-0.25, -0.2) is 0 Å². The SMILES string of the molecule is COc1ccc(Nc2cc(Cl)cc(C(C)=O)c2)cc1. The standard InChI is InChI=1S/C15H14ClNO2/c1-10(18)11-7-12(16)9-14(8-11)17-13-3-5-15(19-2)6-4-13/h3-9,17H,1-2H3. The van der Waals surface area contributed by atoms with Crippen LogP contribution in [0.1, 0.15) is 17.3 Å². The van der Waals surface area contributed by atoms with Gasteiger partial charge in [-0.1, -0.05) is 11.6 Å². The average molecular weight is 276 g/mol. The Balaban J connectivity index is 2.24. The molecule has 0 aliphatic carbocycles. The Labute approximate surface area is 117 Å². The van der Waals surface area contributed by atoms with Crippen LogP contribution in [0.4, 0.5) is 11.4 Å². The lowest BCUT2D eigenvalue weighted by atomic mass is 10.1. The van der Waals surface area contributed by atoms with Crippen molar-refractivity contribution in [2.24, 2.45) is 0 Å². The second kappa shape index (κ2) is 5.76. The molecule has 0 amide bonds. The third kappa shape index (κ3) is 3.48. The number of benzene rings is 2. The number of methoxy groups -OCH3 is 1. The zero-order valence-electron chi connectivity index (χ0n) is 10.7. The lowest BCUT2D eigenvalue weighted by molar-refractivity contribution is 0.101. The Bertz CT molecular complexity index is 594. The maximum atomic E-state index is 11.4. The van der Waals surface area contributed by atoms with Crippen LogP contribution in [-0.4, -0.2) is 12.9 Å². The van der Waals surface area contributed by atoms with Crippen molar-refractivity contribution < 1.29 is 9.53 Å². The molecule has 0 saturated heterocycles. The van der Waals surface area contributed by atoms with Crippen molar-refractivity contribution in [1.82, 2.24) is 0 Å². The summed E-state index contributed by atoms with van der Waals surface area (Å²) in [5, 5.41) is 3.73. The molecule has 3 nitrogen and oxygen atoms in total. The van der Waals surface area contributed by atoms with E-state index in [0.717, 1.165) is 17.1 Å². The molecule has 0 radical (unpaired) electrons. The Morgan fingerprint density at radius 1 is 1.11 bits per heavy atom. The summed E-state index contributed by atoms with van der Waals surface area (Å²) in [7, 11) is 1.62. The molecule has 0 heterocycles. The molecule has 2 aromatic carbocycles. The average Bonchev–Trinajstić information content (AvgIpc) is 2.39. The van der Waals surface area contributed by atoms with E-state index in [1.807, 2.05) is 24.3 Å². The zero-order valence-corrected chi connectivity index (χ0v) is 11.5. The third-order valence-corrected chi connectivity index (χ3v) is 2.90. The van der Waals surface area contributed by atoms with Crippen LogP contribution in [0, 0.1) is 0 Å². The van der Waals surface area contributed by atoms with Crippen molar-refractivity contribution in [3.63, 3.8) is 0 Å². The summed E-state index contributed by atoms with van der Waals surface area (Å²) in [4.78, 5) is 11.4. The fourth-order valence-electron chi connectivity index (χ4n) is 1.71. The fraction of sp³-hybridized carbons (Fsp3) is 0.133. The van der Waals surface area contributed by atoms with Crippen molar-refractivity contribution in [2.45, 2.75) is 6.92 Å². The van der Waals surface area contributed by atoms with Crippen molar-refractivity contribution in [3.8, 4) is 5.75 Å². The van der Waals surface area contributed by atoms with E-state index in [-0.39, 0.29) is 5.78 Å². The van der Waals surface area contributed by atoms with Gasteiger partial charge in [-0.3, -0.25) is 4.79 Å². The number of hydrogen-bond acceptors (Lipinski definition) is 3. The monoisotopic (exact) mass is 275 g/mol. The molecule has 0 spiro atoms. The van der Waals surface area contributed by atoms with Crippen LogP contribution in [0.5, 0.6) is 5.75 Å². The summed E-state index contributed by atoms with van der Waals surface area (Å²) in [5.74, 6) is 0.779. The molecule has 0 aromatic heterocycles. The van der Waals surface area contributed by atoms with Crippen LogP contribution in [0.15, 0.2) is 42.5 Å². The van der Waals surface area contributed by atoms with E-state index in [1.165, 1.54) is 6.92 Å². The van der Waals surface area contributed by atoms with Gasteiger partial charge in [0.05, 0.1) is 7.11 Å². The van der Waals surface area contributed by atoms with Gasteiger partial charge in [-0.15, -0.1) is 0 Å². The van der Waals surface area contributed by atoms with Crippen molar-refractivity contribution in [1.29, 1.82) is 0 Å². The van der Waals surface area contributed by atoms with Crippen LogP contribution in [-0.2, 0) is 0 Å². The quantitative estimate of drug-likeness (QED) is 0.846. The highest BCUT2D eigenvalue weighted by Gasteiger charge is 2.04. The molecule has 98 valence electrons. The highest BCUT2D eigenvalue weighted by Crippen LogP contribution is 2.24. The summed E-state index contributed by atoms with van der Waals surface area (Å²) in [6, 6.07) is 12.7. The van der Waals surface area contributed by atoms with E-state index in [1.54, 1.807) is 25.3 Å². The number of ketones is 1. The van der Waals surface area contributed by atoms with Crippen molar-refractivity contribution >= 4 is 28.8 Å². The van der Waals surface area contributed by atoms with Gasteiger partial charge in [-0.2, -0.15) is 0 Å². The molecule has 0 atom stereocenters. The number of carbonyl (C=O) groups is 1. The van der Waals surface area contributed by atoms with Crippen LogP contribution < -0.4 is 10.1 Å². The molecule has 0 saturated carbocycles. The molecular formula is C15H14ClNO2. The number of nitrogens with one attached hydrogen (secondary N) is 1. The van der Waals surface area contributed by atoms with Gasteiger partial charge in [0, 0.05) is 22.0 Å². The summed E-state index contributed by atoms with van der Waals surface area (Å²) in [6.07, 6.45) is 0. The van der Waals surface area contributed by atoms with E-state index >= 15 is 0 Å². The minimum Gasteiger partial charge on any atom is -0.497 e. The summed E-state index contributed by atoms with van der Waals surface area (Å²) in [5.41, 5.74) is 2.27. The maximum absolute atomic E-state index is 11.4. The number of carbonyl (C=O) groups excluding carboxylic acids is 1. The highest BCUT2D eigenvalue weighted by molar-refractivity contribution is 6.31. The van der Waals surface area contributed by atoms with Crippen molar-refractivity contribution in [3.05, 3.63) is 53.1 Å². The molecule has 2 aromatic rings. The van der Waals surface area contributed by atoms with Gasteiger partial charge in [-0.05, 0) is 49.4 Å². The molecular weight excluding hydrogens is 262 g/mol. The first-order chi connectivity index (χ1) is 9.08. The predicted octanol–water partition coefficient (Wildman–Crippen LogP) is 4.29. The highest BCUT2D eigenvalue weighted by atomic mass is 35.5. The van der Waals surface area contributed by atoms with Gasteiger partial charge < -0.3 is 10.1 Å². The van der Waals surface area contributed by atoms with E-state index in [0.29, 0.717) is 10.6 Å². The number of rotatable bonds is 4. The minimum absolute atomic E-state index is 0.0136. The van der Waals surface area contributed by atoms with Gasteiger partial charge in [0.15, 0.2) is 5.78 Å². The normalized spacial score (nSPS) is 10.1. The van der Waals surface area contributed by atoms with E-state index in [2.05, 4.69) is 5.32 Å². The molecule has 0 bridgehead atoms. The van der Waals surface area contributed by atoms with Gasteiger partial charge in [0.25, 0.3) is 0 Å². The first kappa shape index (κ1) is 13.4. The zero-order chi connectivity index (χ0) is 13.8. The molecule has 2 rings (SSSR count). The van der Waals surface area contributed by atoms with Crippen molar-refractivity contribution in [2.75, 3.05) is 12.4 Å². The molecule has 0 fully saturated rings. The second-order valence-electron chi connectivity index (χ2n) is 4.14. The van der Waals surface area contributed by atoms with Crippen LogP contribution in [0.2, 0.25) is 5.02 Å². The topological polar surface area (TPSA) is 38.3 Å². The molecule has 1 N–H and O–H groups in total. The van der Waals surface area contributed by atoms with Gasteiger partial charge in [0.2, 0.25) is 0 Å². The van der Waals surface area contributed by atoms with Gasteiger partial charge in [0.1, 0.15) is 5.75 Å². The molecule has 19 heavy (non-hydrogen) atoms.